The molecule has 0 aromatic heterocycles. The minimum Gasteiger partial charge on any atom is -0.490 e. The molecule has 0 spiro atoms. The smallest absolute Gasteiger partial charge is 0.153 e. The molecule has 0 atom stereocenters. The Kier molecular flexibility index (Phi) is 5.35. The third kappa shape index (κ3) is 4.78. The topological polar surface area (TPSA) is 35.5 Å². The van der Waals surface area contributed by atoms with Gasteiger partial charge in [0, 0.05) is 4.47 Å². The minimum absolute atomic E-state index is 0.175. The molecule has 100 valence electrons. The number of ether oxygens (including phenoxy) is 2. The number of benzene rings is 1. The molecule has 0 saturated carbocycles. The van der Waals surface area contributed by atoms with Gasteiger partial charge >= 0.3 is 0 Å². The lowest BCUT2D eigenvalue weighted by Gasteiger charge is -2.20. The van der Waals surface area contributed by atoms with Crippen molar-refractivity contribution in [2.45, 2.75) is 33.3 Å². The Morgan fingerprint density at radius 3 is 2.50 bits per heavy atom. The van der Waals surface area contributed by atoms with E-state index in [2.05, 4.69) is 15.9 Å². The second kappa shape index (κ2) is 6.34. The Morgan fingerprint density at radius 2 is 1.94 bits per heavy atom. The first-order valence-corrected chi connectivity index (χ1v) is 6.65. The number of halogens is 1. The van der Waals surface area contributed by atoms with E-state index >= 15 is 0 Å². The zero-order valence-corrected chi connectivity index (χ0v) is 12.8. The van der Waals surface area contributed by atoms with Crippen molar-refractivity contribution >= 4 is 22.2 Å². The molecule has 0 radical (unpaired) electrons. The molecule has 0 aliphatic rings. The highest BCUT2D eigenvalue weighted by atomic mass is 79.9. The van der Waals surface area contributed by atoms with E-state index in [4.69, 9.17) is 9.47 Å². The highest BCUT2D eigenvalue weighted by Crippen LogP contribution is 2.26. The van der Waals surface area contributed by atoms with Crippen LogP contribution < -0.4 is 4.74 Å². The Balaban J connectivity index is 2.65. The molecule has 1 aromatic carbocycles. The number of carbonyl (C=O) groups is 1. The maximum absolute atomic E-state index is 11.0. The predicted molar refractivity (Wildman–Crippen MR) is 75.5 cm³/mol. The van der Waals surface area contributed by atoms with E-state index in [-0.39, 0.29) is 5.60 Å². The zero-order chi connectivity index (χ0) is 13.8. The molecule has 0 amide bonds. The van der Waals surface area contributed by atoms with Gasteiger partial charge in [0.15, 0.2) is 6.29 Å². The van der Waals surface area contributed by atoms with Gasteiger partial charge in [0.2, 0.25) is 0 Å². The summed E-state index contributed by atoms with van der Waals surface area (Å²) >= 11 is 3.36. The van der Waals surface area contributed by atoms with E-state index < -0.39 is 0 Å². The Hall–Kier alpha value is -0.870. The highest BCUT2D eigenvalue weighted by molar-refractivity contribution is 9.10. The average molecular weight is 315 g/mol. The van der Waals surface area contributed by atoms with Gasteiger partial charge in [0.25, 0.3) is 0 Å². The van der Waals surface area contributed by atoms with Crippen LogP contribution in [0.5, 0.6) is 5.75 Å². The van der Waals surface area contributed by atoms with Crippen LogP contribution in [0.25, 0.3) is 0 Å². The summed E-state index contributed by atoms with van der Waals surface area (Å²) < 4.78 is 12.1. The fraction of sp³-hybridized carbons (Fsp3) is 0.500. The van der Waals surface area contributed by atoms with E-state index in [1.165, 1.54) is 0 Å². The summed E-state index contributed by atoms with van der Waals surface area (Å²) in [6.07, 6.45) is 0.803. The molecule has 18 heavy (non-hydrogen) atoms. The molecule has 4 heteroatoms. The Morgan fingerprint density at radius 1 is 1.28 bits per heavy atom. The summed E-state index contributed by atoms with van der Waals surface area (Å²) in [7, 11) is 0. The lowest BCUT2D eigenvalue weighted by molar-refractivity contribution is -0.0164. The first-order valence-electron chi connectivity index (χ1n) is 5.85. The Labute approximate surface area is 117 Å². The van der Waals surface area contributed by atoms with Crippen LogP contribution in [-0.2, 0) is 4.74 Å². The lowest BCUT2D eigenvalue weighted by atomic mass is 10.1. The molecule has 1 rings (SSSR count). The average Bonchev–Trinajstić information content (AvgIpc) is 2.24. The van der Waals surface area contributed by atoms with Crippen molar-refractivity contribution in [3.63, 3.8) is 0 Å². The number of hydrogen-bond donors (Lipinski definition) is 0. The predicted octanol–water partition coefficient (Wildman–Crippen LogP) is 3.76. The van der Waals surface area contributed by atoms with Crippen LogP contribution in [0, 0.1) is 6.92 Å². The molecular weight excluding hydrogens is 296 g/mol. The van der Waals surface area contributed by atoms with Crippen LogP contribution in [-0.4, -0.2) is 25.1 Å². The summed E-state index contributed by atoms with van der Waals surface area (Å²) in [4.78, 5) is 11.0. The zero-order valence-electron chi connectivity index (χ0n) is 11.2. The van der Waals surface area contributed by atoms with Gasteiger partial charge < -0.3 is 9.47 Å². The molecule has 0 unspecified atom stereocenters. The van der Waals surface area contributed by atoms with Crippen LogP contribution >= 0.6 is 15.9 Å². The molecule has 0 saturated heterocycles. The van der Waals surface area contributed by atoms with E-state index in [1.807, 2.05) is 33.8 Å². The van der Waals surface area contributed by atoms with Gasteiger partial charge in [-0.1, -0.05) is 15.9 Å². The second-order valence-electron chi connectivity index (χ2n) is 5.07. The van der Waals surface area contributed by atoms with Crippen LogP contribution in [0.15, 0.2) is 16.6 Å². The van der Waals surface area contributed by atoms with Crippen molar-refractivity contribution in [2.75, 3.05) is 13.2 Å². The van der Waals surface area contributed by atoms with Crippen molar-refractivity contribution in [3.05, 3.63) is 27.7 Å². The second-order valence-corrected chi connectivity index (χ2v) is 5.98. The maximum atomic E-state index is 11.0. The van der Waals surface area contributed by atoms with Crippen LogP contribution in [0.2, 0.25) is 0 Å². The molecule has 3 nitrogen and oxygen atoms in total. The molecule has 0 aliphatic carbocycles. The third-order valence-corrected chi connectivity index (χ3v) is 2.72. The monoisotopic (exact) mass is 314 g/mol. The van der Waals surface area contributed by atoms with Crippen LogP contribution in [0.3, 0.4) is 0 Å². The van der Waals surface area contributed by atoms with Gasteiger partial charge in [0.1, 0.15) is 12.4 Å². The normalized spacial score (nSPS) is 11.4. The SMILES string of the molecule is Cc1cc(Br)cc(C=O)c1OCCOC(C)(C)C. The van der Waals surface area contributed by atoms with Gasteiger partial charge in [-0.3, -0.25) is 4.79 Å². The quantitative estimate of drug-likeness (QED) is 0.613. The van der Waals surface area contributed by atoms with E-state index in [1.54, 1.807) is 6.07 Å². The number of hydrogen-bond acceptors (Lipinski definition) is 3. The summed E-state index contributed by atoms with van der Waals surface area (Å²) in [5, 5.41) is 0. The van der Waals surface area contributed by atoms with Gasteiger partial charge in [-0.2, -0.15) is 0 Å². The molecule has 0 aliphatic heterocycles. The molecule has 0 N–H and O–H groups in total. The van der Waals surface area contributed by atoms with Crippen molar-refractivity contribution in [2.24, 2.45) is 0 Å². The van der Waals surface area contributed by atoms with Gasteiger partial charge in [-0.25, -0.2) is 0 Å². The highest BCUT2D eigenvalue weighted by Gasteiger charge is 2.11. The van der Waals surface area contributed by atoms with Crippen molar-refractivity contribution in [1.82, 2.24) is 0 Å². The maximum Gasteiger partial charge on any atom is 0.153 e. The molecule has 0 bridgehead atoms. The fourth-order valence-corrected chi connectivity index (χ4v) is 2.12. The first kappa shape index (κ1) is 15.2. The number of rotatable bonds is 5. The number of aryl methyl sites for hydroxylation is 1. The van der Waals surface area contributed by atoms with Crippen molar-refractivity contribution in [1.29, 1.82) is 0 Å². The summed E-state index contributed by atoms with van der Waals surface area (Å²) in [6.45, 7) is 8.83. The van der Waals surface area contributed by atoms with Crippen molar-refractivity contribution in [3.8, 4) is 5.75 Å². The minimum atomic E-state index is -0.175. The van der Waals surface area contributed by atoms with E-state index in [0.29, 0.717) is 24.5 Å². The van der Waals surface area contributed by atoms with Crippen molar-refractivity contribution < 1.29 is 14.3 Å². The molecule has 1 aromatic rings. The van der Waals surface area contributed by atoms with Gasteiger partial charge in [-0.05, 0) is 45.4 Å². The van der Waals surface area contributed by atoms with E-state index in [9.17, 15) is 4.79 Å². The van der Waals surface area contributed by atoms with Crippen LogP contribution in [0.4, 0.5) is 0 Å². The fourth-order valence-electron chi connectivity index (χ4n) is 1.53. The number of carbonyl (C=O) groups excluding carboxylic acids is 1. The molecule has 0 heterocycles. The molecular formula is C14H19BrO3. The van der Waals surface area contributed by atoms with Gasteiger partial charge in [0.05, 0.1) is 17.8 Å². The number of aldehydes is 1. The summed E-state index contributed by atoms with van der Waals surface area (Å²) in [6, 6.07) is 3.67. The summed E-state index contributed by atoms with van der Waals surface area (Å²) in [5.41, 5.74) is 1.31. The lowest BCUT2D eigenvalue weighted by Crippen LogP contribution is -2.22. The summed E-state index contributed by atoms with van der Waals surface area (Å²) in [5.74, 6) is 0.630. The third-order valence-electron chi connectivity index (χ3n) is 2.26. The first-order chi connectivity index (χ1) is 8.33. The largest absolute Gasteiger partial charge is 0.490 e. The Bertz CT molecular complexity index is 422. The van der Waals surface area contributed by atoms with Crippen LogP contribution in [0.1, 0.15) is 36.7 Å². The van der Waals surface area contributed by atoms with E-state index in [0.717, 1.165) is 16.3 Å². The van der Waals surface area contributed by atoms with Gasteiger partial charge in [-0.15, -0.1) is 0 Å². The molecule has 0 fully saturated rings. The standard InChI is InChI=1S/C14H19BrO3/c1-10-7-12(15)8-11(9-16)13(10)17-5-6-18-14(2,3)4/h7-9H,5-6H2,1-4H3.